The zero-order chi connectivity index (χ0) is 79.6. The van der Waals surface area contributed by atoms with Gasteiger partial charge in [0.1, 0.15) is 67.0 Å². The van der Waals surface area contributed by atoms with Crippen LogP contribution < -0.4 is 32.3 Å². The zero-order valence-corrected chi connectivity index (χ0v) is 66.5. The summed E-state index contributed by atoms with van der Waals surface area (Å²) in [5, 5.41) is 29.4. The Morgan fingerprint density at radius 3 is 1.54 bits per heavy atom. The Morgan fingerprint density at radius 1 is 0.557 bits per heavy atom. The lowest BCUT2D eigenvalue weighted by atomic mass is 9.94. The SMILES string of the molecule is CCCCN1CC(=O)N(C)[C@@H](CC(C)C)C(=O)NC(COCc2noc(=O)[nH]2)C(=O)N(C)[C@@H](Cc2ccccc2)C(=O)N(C)[C@@H](CC(C)C)C(=O)N[C@H](C(=O)N2CCCCC2)CCC(=O)NC(CC(C)C)C(=O)N(C)[C@@H](CC(C)C)C(=O)N[C@@H]([C@@H](C)CC)C(=O)N(C)[C@@H](CC(C)C)C(=O)N[C@@H]([C@@H](C)O)C1=O. The molecule has 7 N–H and O–H groups in total. The summed E-state index contributed by atoms with van der Waals surface area (Å²) in [4.78, 5) is 204. The van der Waals surface area contributed by atoms with Crippen LogP contribution in [0.15, 0.2) is 39.6 Å². The van der Waals surface area contributed by atoms with Gasteiger partial charge in [0.2, 0.25) is 70.9 Å². The molecule has 106 heavy (non-hydrogen) atoms. The molecule has 2 fully saturated rings. The fourth-order valence-corrected chi connectivity index (χ4v) is 13.3. The second-order valence-electron chi connectivity index (χ2n) is 31.2. The monoisotopic (exact) mass is 1490 g/mol. The number of H-pyrrole nitrogens is 1. The summed E-state index contributed by atoms with van der Waals surface area (Å²) in [7, 11) is 7.01. The molecule has 1 aromatic carbocycles. The van der Waals surface area contributed by atoms with Gasteiger partial charge in [0.25, 0.3) is 0 Å². The molecule has 2 aliphatic heterocycles. The predicted octanol–water partition coefficient (Wildman–Crippen LogP) is 3.77. The molecule has 12 amide bonds. The molecule has 596 valence electrons. The van der Waals surface area contributed by atoms with E-state index < -0.39 is 169 Å². The van der Waals surface area contributed by atoms with Gasteiger partial charge in [-0.25, -0.2) is 4.79 Å². The van der Waals surface area contributed by atoms with Crippen molar-refractivity contribution in [2.45, 2.75) is 260 Å². The van der Waals surface area contributed by atoms with E-state index in [1.807, 2.05) is 83.1 Å². The highest BCUT2D eigenvalue weighted by atomic mass is 16.5. The quantitative estimate of drug-likeness (QED) is 0.0832. The van der Waals surface area contributed by atoms with Gasteiger partial charge >= 0.3 is 5.76 Å². The molecule has 0 saturated carbocycles. The number of likely N-dealkylation sites (tertiary alicyclic amines) is 1. The molecule has 4 rings (SSSR count). The van der Waals surface area contributed by atoms with Gasteiger partial charge in [0.15, 0.2) is 5.82 Å². The topological polar surface area (TPSA) is 376 Å². The van der Waals surface area contributed by atoms with Crippen LogP contribution in [0.3, 0.4) is 0 Å². The van der Waals surface area contributed by atoms with E-state index in [9.17, 15) is 29.1 Å². The number of benzene rings is 1. The lowest BCUT2D eigenvalue weighted by Gasteiger charge is -2.37. The average molecular weight is 1490 g/mol. The van der Waals surface area contributed by atoms with Crippen molar-refractivity contribution in [3.05, 3.63) is 52.3 Å². The van der Waals surface area contributed by atoms with Crippen molar-refractivity contribution in [2.75, 3.05) is 68.0 Å². The summed E-state index contributed by atoms with van der Waals surface area (Å²) in [5.41, 5.74) is 0.603. The minimum Gasteiger partial charge on any atom is -0.391 e. The number of aliphatic hydroxyl groups excluding tert-OH is 1. The normalized spacial score (nSPS) is 24.7. The van der Waals surface area contributed by atoms with Crippen LogP contribution in [0.5, 0.6) is 0 Å². The van der Waals surface area contributed by atoms with Gasteiger partial charge in [0.05, 0.1) is 19.3 Å². The van der Waals surface area contributed by atoms with Gasteiger partial charge in [-0.3, -0.25) is 67.0 Å². The molecule has 0 spiro atoms. The third-order valence-corrected chi connectivity index (χ3v) is 19.8. The Bertz CT molecular complexity index is 3280. The van der Waals surface area contributed by atoms with Crippen LogP contribution in [0.2, 0.25) is 0 Å². The van der Waals surface area contributed by atoms with Crippen LogP contribution in [-0.4, -0.2) is 255 Å². The molecular weight excluding hydrogens is 1360 g/mol. The molecule has 0 aliphatic carbocycles. The number of nitrogens with one attached hydrogen (secondary N) is 6. The summed E-state index contributed by atoms with van der Waals surface area (Å²) in [6.45, 7) is 24.3. The Hall–Kier alpha value is -8.28. The molecule has 1 aromatic heterocycles. The van der Waals surface area contributed by atoms with Crippen molar-refractivity contribution >= 4 is 70.9 Å². The third kappa shape index (κ3) is 27.2. The number of aromatic nitrogens is 2. The molecule has 30 heteroatoms. The summed E-state index contributed by atoms with van der Waals surface area (Å²) in [5.74, 6) is -11.2. The van der Waals surface area contributed by atoms with Crippen molar-refractivity contribution in [1.82, 2.24) is 71.0 Å². The minimum absolute atomic E-state index is 0.0110. The largest absolute Gasteiger partial charge is 0.438 e. The van der Waals surface area contributed by atoms with E-state index in [-0.39, 0.29) is 93.3 Å². The van der Waals surface area contributed by atoms with Crippen LogP contribution in [0.25, 0.3) is 0 Å². The number of carbonyl (C=O) groups excluding carboxylic acids is 12. The number of nitrogens with zero attached hydrogens (tertiary/aromatic N) is 8. The average Bonchev–Trinajstić information content (AvgIpc) is 0.924. The number of aliphatic hydroxyl groups is 1. The van der Waals surface area contributed by atoms with E-state index in [1.165, 1.54) is 61.8 Å². The second kappa shape index (κ2) is 43.5. The van der Waals surface area contributed by atoms with Crippen LogP contribution in [-0.2, 0) is 75.3 Å². The first kappa shape index (κ1) is 90.1. The Morgan fingerprint density at radius 2 is 1.04 bits per heavy atom. The number of aromatic amines is 1. The number of amides is 12. The van der Waals surface area contributed by atoms with Gasteiger partial charge in [-0.05, 0) is 112 Å². The number of piperidine rings is 1. The van der Waals surface area contributed by atoms with Crippen LogP contribution in [0.1, 0.15) is 192 Å². The standard InChI is InChI=1S/C76H126N14O16/c1-20-22-33-90-42-63(93)84(15)56(37-46(5)6)66(94)79-55(43-105-44-61-80-76(104)106-83-61)71(99)88(19)60(41-52-29-25-23-26-30-52)73(101)86(17)57(38-47(7)8)67(95)78-53(72(100)89-34-27-24-28-35-89)31-32-62(92)77-54(36-45(3)4)70(98)85(16)58(39-48(9)10)68(96)81-64(50(13)21-2)74(102)87(18)59(40-49(11)12)69(97)82-65(51(14)91)75(90)103/h23,25-26,29-30,45-51,53-60,64-65,91H,20-22,24,27-28,31-44H2,1-19H3,(H,77,92)(H,78,95)(H,79,94)(H,81,96)(H,82,97)(H,80,83,104)/t50-,51+,53-,54?,55?,56-,57-,58-,59-,60-,64-,65-/m0/s1. The molecule has 0 radical (unpaired) electrons. The van der Waals surface area contributed by atoms with E-state index in [2.05, 4.69) is 41.2 Å². The third-order valence-electron chi connectivity index (χ3n) is 19.8. The van der Waals surface area contributed by atoms with Gasteiger partial charge < -0.3 is 70.7 Å². The summed E-state index contributed by atoms with van der Waals surface area (Å²) >= 11 is 0. The number of ether oxygens (including phenoxy) is 1. The molecule has 3 heterocycles. The molecule has 12 atom stereocenters. The number of carbonyl (C=O) groups is 12. The van der Waals surface area contributed by atoms with E-state index in [1.54, 1.807) is 42.2 Å². The fraction of sp³-hybridized carbons (Fsp3) is 0.737. The van der Waals surface area contributed by atoms with E-state index in [0.717, 1.165) is 16.2 Å². The smallest absolute Gasteiger partial charge is 0.391 e. The maximum absolute atomic E-state index is 15.7. The number of rotatable bonds is 23. The van der Waals surface area contributed by atoms with E-state index in [4.69, 9.17) is 4.74 Å². The molecule has 30 nitrogen and oxygen atoms in total. The summed E-state index contributed by atoms with van der Waals surface area (Å²) in [6, 6.07) is -4.82. The Labute approximate surface area is 627 Å². The van der Waals surface area contributed by atoms with Crippen molar-refractivity contribution in [2.24, 2.45) is 35.5 Å². The lowest BCUT2D eigenvalue weighted by Crippen LogP contribution is -2.62. The number of unbranched alkanes of at least 4 members (excludes halogenated alkanes) is 1. The van der Waals surface area contributed by atoms with E-state index in [0.29, 0.717) is 50.8 Å². The maximum atomic E-state index is 15.7. The first-order valence-corrected chi connectivity index (χ1v) is 38.1. The maximum Gasteiger partial charge on any atom is 0.438 e. The molecule has 2 aliphatic rings. The highest BCUT2D eigenvalue weighted by molar-refractivity contribution is 5.99. The van der Waals surface area contributed by atoms with Gasteiger partial charge in [-0.15, -0.1) is 0 Å². The lowest BCUT2D eigenvalue weighted by molar-refractivity contribution is -0.151. The predicted molar refractivity (Wildman–Crippen MR) is 399 cm³/mol. The zero-order valence-electron chi connectivity index (χ0n) is 66.5. The van der Waals surface area contributed by atoms with Crippen molar-refractivity contribution in [1.29, 1.82) is 0 Å². The number of likely N-dealkylation sites (N-methyl/N-ethyl adjacent to an activating group) is 5. The summed E-state index contributed by atoms with van der Waals surface area (Å²) < 4.78 is 10.6. The van der Waals surface area contributed by atoms with E-state index >= 15 is 38.4 Å². The first-order chi connectivity index (χ1) is 49.8. The first-order valence-electron chi connectivity index (χ1n) is 38.1. The Balaban J connectivity index is 2.01. The molecule has 2 aromatic rings. The molecule has 2 unspecified atom stereocenters. The molecule has 2 saturated heterocycles. The number of hydrogen-bond acceptors (Lipinski definition) is 17. The second-order valence-corrected chi connectivity index (χ2v) is 31.2. The van der Waals surface area contributed by atoms with Crippen LogP contribution in [0.4, 0.5) is 0 Å². The minimum atomic E-state index is -1.68. The fourth-order valence-electron chi connectivity index (χ4n) is 13.3. The number of hydrogen-bond donors (Lipinski definition) is 7. The molecular formula is C76H126N14O16. The van der Waals surface area contributed by atoms with Gasteiger partial charge in [-0.2, -0.15) is 0 Å². The summed E-state index contributed by atoms with van der Waals surface area (Å²) in [6.07, 6.45) is 1.64. The highest BCUT2D eigenvalue weighted by Gasteiger charge is 2.44. The van der Waals surface area contributed by atoms with Crippen LogP contribution >= 0.6 is 0 Å². The van der Waals surface area contributed by atoms with Gasteiger partial charge in [-0.1, -0.05) is 138 Å². The Kier molecular flexibility index (Phi) is 37.0. The van der Waals surface area contributed by atoms with Crippen molar-refractivity contribution in [3.8, 4) is 0 Å². The van der Waals surface area contributed by atoms with Crippen LogP contribution in [0, 0.1) is 35.5 Å². The highest BCUT2D eigenvalue weighted by Crippen LogP contribution is 2.24. The molecule has 0 bridgehead atoms. The van der Waals surface area contributed by atoms with Crippen molar-refractivity contribution < 1.29 is 71.9 Å². The van der Waals surface area contributed by atoms with Gasteiger partial charge in [0, 0.05) is 67.7 Å². The van der Waals surface area contributed by atoms with Crippen molar-refractivity contribution in [3.63, 3.8) is 0 Å².